The monoisotopic (exact) mass is 337 g/mol. The number of hydrogen-bond donors (Lipinski definition) is 1. The van der Waals surface area contributed by atoms with Crippen molar-refractivity contribution in [2.24, 2.45) is 5.92 Å². The second kappa shape index (κ2) is 5.63. The van der Waals surface area contributed by atoms with Crippen LogP contribution < -0.4 is 4.72 Å². The molecule has 1 N–H and O–H groups in total. The third-order valence-electron chi connectivity index (χ3n) is 3.00. The lowest BCUT2D eigenvalue weighted by atomic mass is 10.2. The molecule has 112 valence electrons. The highest BCUT2D eigenvalue weighted by atomic mass is 35.5. The molecule has 1 fully saturated rings. The predicted molar refractivity (Wildman–Crippen MR) is 77.9 cm³/mol. The Balaban J connectivity index is 2.34. The van der Waals surface area contributed by atoms with E-state index < -0.39 is 19.9 Å². The molecule has 1 aliphatic carbocycles. The highest BCUT2D eigenvalue weighted by molar-refractivity contribution is 7.90. The van der Waals surface area contributed by atoms with Gasteiger partial charge in [0, 0.05) is 17.8 Å². The summed E-state index contributed by atoms with van der Waals surface area (Å²) in [6.07, 6.45) is 3.11. The van der Waals surface area contributed by atoms with Gasteiger partial charge < -0.3 is 0 Å². The SMILES string of the molecule is CS(=O)(=O)Cc1ccc(Cl)cc1S(=O)(=O)NCC1CC1. The van der Waals surface area contributed by atoms with Gasteiger partial charge in [-0.15, -0.1) is 0 Å². The molecule has 0 radical (unpaired) electrons. The van der Waals surface area contributed by atoms with Crippen molar-refractivity contribution in [2.45, 2.75) is 23.5 Å². The average Bonchev–Trinajstić information content (AvgIpc) is 3.11. The van der Waals surface area contributed by atoms with Crippen LogP contribution in [-0.4, -0.2) is 29.6 Å². The minimum absolute atomic E-state index is 0.0592. The highest BCUT2D eigenvalue weighted by Crippen LogP contribution is 2.29. The number of nitrogens with one attached hydrogen (secondary N) is 1. The highest BCUT2D eigenvalue weighted by Gasteiger charge is 2.26. The topological polar surface area (TPSA) is 80.3 Å². The molecular weight excluding hydrogens is 322 g/mol. The first-order valence-electron chi connectivity index (χ1n) is 6.13. The number of sulfonamides is 1. The van der Waals surface area contributed by atoms with Crippen LogP contribution in [0, 0.1) is 5.92 Å². The second-order valence-electron chi connectivity index (χ2n) is 5.12. The third-order valence-corrected chi connectivity index (χ3v) is 5.57. The lowest BCUT2D eigenvalue weighted by Gasteiger charge is -2.11. The van der Waals surface area contributed by atoms with Gasteiger partial charge in [-0.25, -0.2) is 21.6 Å². The van der Waals surface area contributed by atoms with Crippen molar-refractivity contribution in [1.29, 1.82) is 0 Å². The molecule has 8 heteroatoms. The molecule has 1 aliphatic rings. The molecule has 0 unspecified atom stereocenters. The van der Waals surface area contributed by atoms with Gasteiger partial charge in [0.05, 0.1) is 10.6 Å². The minimum Gasteiger partial charge on any atom is -0.229 e. The summed E-state index contributed by atoms with van der Waals surface area (Å²) >= 11 is 5.83. The molecule has 2 rings (SSSR count). The summed E-state index contributed by atoms with van der Waals surface area (Å²) < 4.78 is 49.8. The Morgan fingerprint density at radius 3 is 2.45 bits per heavy atom. The number of hydrogen-bond acceptors (Lipinski definition) is 4. The van der Waals surface area contributed by atoms with Gasteiger partial charge in [0.1, 0.15) is 0 Å². The van der Waals surface area contributed by atoms with E-state index in [-0.39, 0.29) is 21.2 Å². The van der Waals surface area contributed by atoms with E-state index in [1.807, 2.05) is 0 Å². The molecule has 5 nitrogen and oxygen atoms in total. The predicted octanol–water partition coefficient (Wildman–Crippen LogP) is 1.57. The fraction of sp³-hybridized carbons (Fsp3) is 0.500. The van der Waals surface area contributed by atoms with Crippen molar-refractivity contribution in [3.63, 3.8) is 0 Å². The molecular formula is C12H16ClNO4S2. The zero-order valence-electron chi connectivity index (χ0n) is 11.0. The maximum atomic E-state index is 12.3. The van der Waals surface area contributed by atoms with Crippen LogP contribution in [0.15, 0.2) is 23.1 Å². The van der Waals surface area contributed by atoms with Crippen LogP contribution in [0.2, 0.25) is 5.02 Å². The largest absolute Gasteiger partial charge is 0.240 e. The summed E-state index contributed by atoms with van der Waals surface area (Å²) in [5.41, 5.74) is 0.236. The molecule has 0 atom stereocenters. The Hall–Kier alpha value is -0.630. The van der Waals surface area contributed by atoms with Crippen LogP contribution in [0.4, 0.5) is 0 Å². The van der Waals surface area contributed by atoms with Crippen LogP contribution in [0.1, 0.15) is 18.4 Å². The van der Waals surface area contributed by atoms with Gasteiger partial charge in [-0.3, -0.25) is 0 Å². The van der Waals surface area contributed by atoms with E-state index in [2.05, 4.69) is 4.72 Å². The Bertz CT molecular complexity index is 709. The maximum absolute atomic E-state index is 12.3. The van der Waals surface area contributed by atoms with Crippen molar-refractivity contribution < 1.29 is 16.8 Å². The van der Waals surface area contributed by atoms with Gasteiger partial charge in [-0.2, -0.15) is 0 Å². The smallest absolute Gasteiger partial charge is 0.229 e. The molecule has 1 aromatic rings. The molecule has 20 heavy (non-hydrogen) atoms. The first kappa shape index (κ1) is 15.8. The van der Waals surface area contributed by atoms with E-state index in [0.717, 1.165) is 19.1 Å². The van der Waals surface area contributed by atoms with Gasteiger partial charge in [0.15, 0.2) is 9.84 Å². The lowest BCUT2D eigenvalue weighted by Crippen LogP contribution is -2.27. The van der Waals surface area contributed by atoms with E-state index in [4.69, 9.17) is 11.6 Å². The number of benzene rings is 1. The number of sulfone groups is 1. The van der Waals surface area contributed by atoms with Crippen molar-refractivity contribution in [3.8, 4) is 0 Å². The summed E-state index contributed by atoms with van der Waals surface area (Å²) in [4.78, 5) is -0.0592. The standard InChI is InChI=1S/C12H16ClNO4S2/c1-19(15,16)8-10-4-5-11(13)6-12(10)20(17,18)14-7-9-2-3-9/h4-6,9,14H,2-3,7-8H2,1H3. The summed E-state index contributed by atoms with van der Waals surface area (Å²) in [6.45, 7) is 0.382. The molecule has 0 aromatic heterocycles. The normalized spacial score (nSPS) is 16.3. The fourth-order valence-electron chi connectivity index (χ4n) is 1.81. The van der Waals surface area contributed by atoms with Gasteiger partial charge >= 0.3 is 0 Å². The molecule has 0 amide bonds. The maximum Gasteiger partial charge on any atom is 0.240 e. The molecule has 0 spiro atoms. The van der Waals surface area contributed by atoms with E-state index in [0.29, 0.717) is 12.5 Å². The van der Waals surface area contributed by atoms with Crippen LogP contribution in [0.3, 0.4) is 0 Å². The first-order chi connectivity index (χ1) is 9.17. The summed E-state index contributed by atoms with van der Waals surface area (Å²) in [6, 6.07) is 4.22. The Labute approximate surface area is 124 Å². The van der Waals surface area contributed by atoms with Gasteiger partial charge in [0.2, 0.25) is 10.0 Å². The van der Waals surface area contributed by atoms with E-state index >= 15 is 0 Å². The van der Waals surface area contributed by atoms with Crippen LogP contribution in [0.5, 0.6) is 0 Å². The molecule has 0 saturated heterocycles. The molecule has 1 aromatic carbocycles. The van der Waals surface area contributed by atoms with E-state index in [1.54, 1.807) is 0 Å². The van der Waals surface area contributed by atoms with Crippen molar-refractivity contribution in [3.05, 3.63) is 28.8 Å². The van der Waals surface area contributed by atoms with Crippen LogP contribution in [0.25, 0.3) is 0 Å². The fourth-order valence-corrected chi connectivity index (χ4v) is 4.33. The first-order valence-corrected chi connectivity index (χ1v) is 10.1. The molecule has 1 saturated carbocycles. The number of rotatable bonds is 6. The lowest BCUT2D eigenvalue weighted by molar-refractivity contribution is 0.576. The van der Waals surface area contributed by atoms with Crippen molar-refractivity contribution in [1.82, 2.24) is 4.72 Å². The summed E-state index contributed by atoms with van der Waals surface area (Å²) in [5, 5.41) is 0.258. The van der Waals surface area contributed by atoms with E-state index in [9.17, 15) is 16.8 Å². The average molecular weight is 338 g/mol. The van der Waals surface area contributed by atoms with Gasteiger partial charge in [-0.1, -0.05) is 17.7 Å². The molecule has 0 heterocycles. The third kappa shape index (κ3) is 4.44. The molecule has 0 aliphatic heterocycles. The quantitative estimate of drug-likeness (QED) is 0.854. The zero-order valence-corrected chi connectivity index (χ0v) is 13.4. The van der Waals surface area contributed by atoms with E-state index in [1.165, 1.54) is 18.2 Å². The van der Waals surface area contributed by atoms with Crippen molar-refractivity contribution in [2.75, 3.05) is 12.8 Å². The van der Waals surface area contributed by atoms with Crippen molar-refractivity contribution >= 4 is 31.5 Å². The minimum atomic E-state index is -3.74. The molecule has 0 bridgehead atoms. The van der Waals surface area contributed by atoms with Gasteiger partial charge in [-0.05, 0) is 36.5 Å². The summed E-state index contributed by atoms with van der Waals surface area (Å²) in [7, 11) is -7.07. The zero-order chi connectivity index (χ0) is 15.0. The van der Waals surface area contributed by atoms with Crippen LogP contribution >= 0.6 is 11.6 Å². The Morgan fingerprint density at radius 2 is 1.90 bits per heavy atom. The second-order valence-corrected chi connectivity index (χ2v) is 9.43. The Morgan fingerprint density at radius 1 is 1.25 bits per heavy atom. The van der Waals surface area contributed by atoms with Crippen LogP contribution in [-0.2, 0) is 25.6 Å². The van der Waals surface area contributed by atoms with Gasteiger partial charge in [0.25, 0.3) is 0 Å². The number of halogens is 1. The summed E-state index contributed by atoms with van der Waals surface area (Å²) in [5.74, 6) is 0.0615. The Kier molecular flexibility index (Phi) is 4.44.